The van der Waals surface area contributed by atoms with Crippen molar-refractivity contribution >= 4 is 11.6 Å². The first kappa shape index (κ1) is 18.1. The van der Waals surface area contributed by atoms with Crippen molar-refractivity contribution in [2.24, 2.45) is 13.0 Å². The van der Waals surface area contributed by atoms with Crippen LogP contribution in [-0.2, 0) is 18.4 Å². The number of carbonyl (C=O) groups excluding carboxylic acids is 1. The van der Waals surface area contributed by atoms with Crippen molar-refractivity contribution < 1.29 is 9.18 Å². The van der Waals surface area contributed by atoms with Gasteiger partial charge in [-0.15, -0.1) is 0 Å². The van der Waals surface area contributed by atoms with Crippen LogP contribution in [0.15, 0.2) is 41.3 Å². The number of hydrogen-bond donors (Lipinski definition) is 1. The van der Waals surface area contributed by atoms with Crippen LogP contribution in [-0.4, -0.2) is 28.8 Å². The first-order chi connectivity index (χ1) is 12.5. The third kappa shape index (κ3) is 4.68. The molecule has 7 heteroatoms. The molecule has 0 spiro atoms. The van der Waals surface area contributed by atoms with Crippen LogP contribution in [0.5, 0.6) is 0 Å². The fourth-order valence-corrected chi connectivity index (χ4v) is 3.24. The smallest absolute Gasteiger partial charge is 0.268 e. The highest BCUT2D eigenvalue weighted by atomic mass is 19.1. The first-order valence-electron chi connectivity index (χ1n) is 8.81. The van der Waals surface area contributed by atoms with Crippen LogP contribution in [0, 0.1) is 11.7 Å². The van der Waals surface area contributed by atoms with E-state index < -0.39 is 0 Å². The second-order valence-electron chi connectivity index (χ2n) is 6.74. The van der Waals surface area contributed by atoms with Crippen molar-refractivity contribution in [1.82, 2.24) is 15.1 Å². The van der Waals surface area contributed by atoms with Gasteiger partial charge in [0.15, 0.2) is 0 Å². The Kier molecular flexibility index (Phi) is 5.65. The predicted octanol–water partition coefficient (Wildman–Crippen LogP) is 1.84. The second kappa shape index (κ2) is 8.12. The lowest BCUT2D eigenvalue weighted by molar-refractivity contribution is -0.122. The Balaban J connectivity index is 1.52. The van der Waals surface area contributed by atoms with Crippen molar-refractivity contribution in [2.75, 3.05) is 18.0 Å². The molecule has 0 aliphatic carbocycles. The van der Waals surface area contributed by atoms with E-state index in [1.807, 2.05) is 0 Å². The topological polar surface area (TPSA) is 67.2 Å². The quantitative estimate of drug-likeness (QED) is 0.886. The number of nitrogens with one attached hydrogen (secondary N) is 1. The summed E-state index contributed by atoms with van der Waals surface area (Å²) < 4.78 is 14.2. The number of nitrogens with zero attached hydrogens (tertiary/aromatic N) is 3. The van der Waals surface area contributed by atoms with E-state index >= 15 is 0 Å². The lowest BCUT2D eigenvalue weighted by Crippen LogP contribution is -2.38. The van der Waals surface area contributed by atoms with E-state index in [1.165, 1.54) is 16.8 Å². The van der Waals surface area contributed by atoms with Crippen molar-refractivity contribution in [1.29, 1.82) is 0 Å². The van der Waals surface area contributed by atoms with Gasteiger partial charge in [-0.3, -0.25) is 9.59 Å². The molecule has 0 saturated carbocycles. The van der Waals surface area contributed by atoms with E-state index in [4.69, 9.17) is 0 Å². The molecule has 1 aromatic heterocycles. The van der Waals surface area contributed by atoms with Gasteiger partial charge in [-0.2, -0.15) is 5.10 Å². The van der Waals surface area contributed by atoms with Gasteiger partial charge in [0.25, 0.3) is 5.56 Å². The van der Waals surface area contributed by atoms with Crippen LogP contribution >= 0.6 is 0 Å². The number of benzene rings is 1. The number of amides is 1. The molecule has 0 bridgehead atoms. The first-order valence-corrected chi connectivity index (χ1v) is 8.81. The zero-order chi connectivity index (χ0) is 18.5. The lowest BCUT2D eigenvalue weighted by Gasteiger charge is -2.33. The molecule has 1 amide bonds. The summed E-state index contributed by atoms with van der Waals surface area (Å²) in [4.78, 5) is 26.1. The molecule has 1 fully saturated rings. The van der Waals surface area contributed by atoms with E-state index in [9.17, 15) is 14.0 Å². The predicted molar refractivity (Wildman–Crippen MR) is 97.3 cm³/mol. The minimum atomic E-state index is -0.285. The standard InChI is InChI=1S/C19H23FN4O2/c1-23-19(26)10-17(12-22-23)24-8-2-3-15(13-24)9-18(25)21-11-14-4-6-16(20)7-5-14/h4-7,10,12,15H,2-3,8-9,11,13H2,1H3,(H,21,25). The van der Waals surface area contributed by atoms with Crippen molar-refractivity contribution in [2.45, 2.75) is 25.8 Å². The van der Waals surface area contributed by atoms with Crippen LogP contribution in [0.1, 0.15) is 24.8 Å². The van der Waals surface area contributed by atoms with Gasteiger partial charge in [0.2, 0.25) is 5.91 Å². The van der Waals surface area contributed by atoms with Gasteiger partial charge in [-0.25, -0.2) is 9.07 Å². The molecule has 1 N–H and O–H groups in total. The summed E-state index contributed by atoms with van der Waals surface area (Å²) in [6.07, 6.45) is 4.10. The fraction of sp³-hybridized carbons (Fsp3) is 0.421. The molecule has 1 saturated heterocycles. The monoisotopic (exact) mass is 358 g/mol. The average molecular weight is 358 g/mol. The molecule has 6 nitrogen and oxygen atoms in total. The van der Waals surface area contributed by atoms with Crippen LogP contribution in [0.25, 0.3) is 0 Å². The van der Waals surface area contributed by atoms with E-state index in [-0.39, 0.29) is 23.2 Å². The third-order valence-corrected chi connectivity index (χ3v) is 4.71. The van der Waals surface area contributed by atoms with E-state index in [0.29, 0.717) is 13.0 Å². The highest BCUT2D eigenvalue weighted by Gasteiger charge is 2.23. The molecule has 1 unspecified atom stereocenters. The lowest BCUT2D eigenvalue weighted by atomic mass is 9.94. The van der Waals surface area contributed by atoms with Crippen molar-refractivity contribution in [3.8, 4) is 0 Å². The average Bonchev–Trinajstić information content (AvgIpc) is 2.64. The molecule has 1 aliphatic rings. The molecule has 26 heavy (non-hydrogen) atoms. The maximum atomic E-state index is 12.9. The Hall–Kier alpha value is -2.70. The van der Waals surface area contributed by atoms with Crippen LogP contribution in [0.4, 0.5) is 10.1 Å². The maximum Gasteiger partial charge on any atom is 0.268 e. The highest BCUT2D eigenvalue weighted by molar-refractivity contribution is 5.76. The zero-order valence-corrected chi connectivity index (χ0v) is 14.8. The Morgan fingerprint density at radius 2 is 2.12 bits per heavy atom. The van der Waals surface area contributed by atoms with Crippen LogP contribution < -0.4 is 15.8 Å². The number of rotatable bonds is 5. The van der Waals surface area contributed by atoms with Gasteiger partial charge in [-0.1, -0.05) is 12.1 Å². The minimum Gasteiger partial charge on any atom is -0.370 e. The number of carbonyl (C=O) groups is 1. The molecule has 138 valence electrons. The number of anilines is 1. The molecule has 2 heterocycles. The van der Waals surface area contributed by atoms with Gasteiger partial charge in [0, 0.05) is 39.2 Å². The second-order valence-corrected chi connectivity index (χ2v) is 6.74. The molecule has 2 aromatic rings. The number of hydrogen-bond acceptors (Lipinski definition) is 4. The molecular weight excluding hydrogens is 335 g/mol. The van der Waals surface area contributed by atoms with Gasteiger partial charge >= 0.3 is 0 Å². The largest absolute Gasteiger partial charge is 0.370 e. The molecule has 1 atom stereocenters. The van der Waals surface area contributed by atoms with Crippen molar-refractivity contribution in [3.05, 3.63) is 58.3 Å². The molecule has 3 rings (SSSR count). The van der Waals surface area contributed by atoms with E-state index in [0.717, 1.165) is 37.2 Å². The van der Waals surface area contributed by atoms with Gasteiger partial charge in [-0.05, 0) is 36.5 Å². The summed E-state index contributed by atoms with van der Waals surface area (Å²) in [6, 6.07) is 7.70. The SMILES string of the molecule is Cn1ncc(N2CCCC(CC(=O)NCc3ccc(F)cc3)C2)cc1=O. The minimum absolute atomic E-state index is 0.0109. The van der Waals surface area contributed by atoms with Gasteiger partial charge in [0.1, 0.15) is 5.82 Å². The molecule has 1 aromatic carbocycles. The normalized spacial score (nSPS) is 17.2. The van der Waals surface area contributed by atoms with E-state index in [2.05, 4.69) is 15.3 Å². The fourth-order valence-electron chi connectivity index (χ4n) is 3.24. The summed E-state index contributed by atoms with van der Waals surface area (Å²) in [5, 5.41) is 6.96. The van der Waals surface area contributed by atoms with Crippen LogP contribution in [0.2, 0.25) is 0 Å². The summed E-state index contributed by atoms with van der Waals surface area (Å²) in [6.45, 7) is 2.00. The molecule has 0 radical (unpaired) electrons. The van der Waals surface area contributed by atoms with Crippen molar-refractivity contribution in [3.63, 3.8) is 0 Å². The highest BCUT2D eigenvalue weighted by Crippen LogP contribution is 2.23. The Morgan fingerprint density at radius 3 is 2.85 bits per heavy atom. The number of aromatic nitrogens is 2. The summed E-state index contributed by atoms with van der Waals surface area (Å²) in [5.74, 6) is -0.0584. The van der Waals surface area contributed by atoms with Crippen LogP contribution in [0.3, 0.4) is 0 Å². The van der Waals surface area contributed by atoms with Gasteiger partial charge in [0.05, 0.1) is 11.9 Å². The maximum absolute atomic E-state index is 12.9. The summed E-state index contributed by atoms with van der Waals surface area (Å²) >= 11 is 0. The number of aryl methyl sites for hydroxylation is 1. The van der Waals surface area contributed by atoms with E-state index in [1.54, 1.807) is 31.4 Å². The number of piperidine rings is 1. The summed E-state index contributed by atoms with van der Waals surface area (Å²) in [7, 11) is 1.62. The molecule has 1 aliphatic heterocycles. The summed E-state index contributed by atoms with van der Waals surface area (Å²) in [5.41, 5.74) is 1.54. The Labute approximate surface area is 151 Å². The van der Waals surface area contributed by atoms with Gasteiger partial charge < -0.3 is 10.2 Å². The Bertz CT molecular complexity index is 819. The Morgan fingerprint density at radius 1 is 1.35 bits per heavy atom. The third-order valence-electron chi connectivity index (χ3n) is 4.71. The zero-order valence-electron chi connectivity index (χ0n) is 14.8. The number of halogens is 1. The molecular formula is C19H23FN4O2.